The number of hydrazine groups is 1. The Bertz CT molecular complexity index is 792. The largest absolute Gasteiger partial charge is 0.325 e. The standard InChI is InChI=1S/C20H28N4O4S/c1-20(2)18(27)24(19(28)21-20)11-7-10-16(25)22-23-17(26)15-12-13-8-5-3-4-6-9-14(13)29-15/h12H,3-11H2,1-2H3,(H,21,28)(H,22,25)(H,23,26). The zero-order valence-electron chi connectivity index (χ0n) is 16.9. The summed E-state index contributed by atoms with van der Waals surface area (Å²) in [5, 5.41) is 2.60. The molecule has 9 heteroatoms. The molecule has 158 valence electrons. The highest BCUT2D eigenvalue weighted by Crippen LogP contribution is 2.28. The molecule has 0 aromatic carbocycles. The fourth-order valence-electron chi connectivity index (χ4n) is 3.63. The first-order valence-corrected chi connectivity index (χ1v) is 10.9. The van der Waals surface area contributed by atoms with Crippen molar-refractivity contribution < 1.29 is 19.2 Å². The average molecular weight is 421 g/mol. The summed E-state index contributed by atoms with van der Waals surface area (Å²) in [6.07, 6.45) is 7.20. The van der Waals surface area contributed by atoms with Crippen molar-refractivity contribution in [3.8, 4) is 0 Å². The zero-order chi connectivity index (χ0) is 21.0. The minimum atomic E-state index is -0.911. The molecule has 3 rings (SSSR count). The predicted molar refractivity (Wildman–Crippen MR) is 109 cm³/mol. The number of nitrogens with one attached hydrogen (secondary N) is 3. The summed E-state index contributed by atoms with van der Waals surface area (Å²) in [7, 11) is 0. The first kappa shape index (κ1) is 21.3. The van der Waals surface area contributed by atoms with E-state index in [0.717, 1.165) is 30.6 Å². The van der Waals surface area contributed by atoms with E-state index < -0.39 is 11.6 Å². The molecule has 1 fully saturated rings. The molecule has 1 saturated heterocycles. The molecule has 0 radical (unpaired) electrons. The maximum Gasteiger partial charge on any atom is 0.325 e. The third kappa shape index (κ3) is 5.14. The van der Waals surface area contributed by atoms with E-state index in [4.69, 9.17) is 0 Å². The third-order valence-corrected chi connectivity index (χ3v) is 6.50. The second-order valence-corrected chi connectivity index (χ2v) is 9.23. The Balaban J connectivity index is 1.43. The lowest BCUT2D eigenvalue weighted by molar-refractivity contribution is -0.130. The number of imide groups is 1. The molecule has 0 spiro atoms. The van der Waals surface area contributed by atoms with Crippen LogP contribution in [0.2, 0.25) is 0 Å². The fraction of sp³-hybridized carbons (Fsp3) is 0.600. The van der Waals surface area contributed by atoms with Crippen LogP contribution >= 0.6 is 11.3 Å². The van der Waals surface area contributed by atoms with Crippen molar-refractivity contribution in [3.63, 3.8) is 0 Å². The molecule has 1 aromatic rings. The number of hydrogen-bond acceptors (Lipinski definition) is 5. The number of amides is 5. The van der Waals surface area contributed by atoms with Crippen LogP contribution in [-0.2, 0) is 22.4 Å². The number of fused-ring (bicyclic) bond motifs is 1. The van der Waals surface area contributed by atoms with E-state index in [1.165, 1.54) is 34.6 Å². The highest BCUT2D eigenvalue weighted by atomic mass is 32.1. The molecule has 3 N–H and O–H groups in total. The second kappa shape index (κ2) is 8.94. The number of carbonyl (C=O) groups excluding carboxylic acids is 4. The Hall–Kier alpha value is -2.42. The van der Waals surface area contributed by atoms with Gasteiger partial charge in [-0.2, -0.15) is 0 Å². The van der Waals surface area contributed by atoms with Gasteiger partial charge in [-0.05, 0) is 57.6 Å². The molecular formula is C20H28N4O4S. The first-order valence-electron chi connectivity index (χ1n) is 10.1. The van der Waals surface area contributed by atoms with Gasteiger partial charge in [-0.25, -0.2) is 4.79 Å². The molecule has 1 aliphatic carbocycles. The number of hydrogen-bond donors (Lipinski definition) is 3. The van der Waals surface area contributed by atoms with Gasteiger partial charge in [0.2, 0.25) is 5.91 Å². The highest BCUT2D eigenvalue weighted by molar-refractivity contribution is 7.14. The van der Waals surface area contributed by atoms with Crippen LogP contribution in [0.3, 0.4) is 0 Å². The fourth-order valence-corrected chi connectivity index (χ4v) is 4.77. The number of urea groups is 1. The van der Waals surface area contributed by atoms with Crippen LogP contribution in [0.1, 0.15) is 72.5 Å². The van der Waals surface area contributed by atoms with Gasteiger partial charge in [0.15, 0.2) is 0 Å². The van der Waals surface area contributed by atoms with E-state index in [2.05, 4.69) is 16.2 Å². The van der Waals surface area contributed by atoms with Gasteiger partial charge >= 0.3 is 6.03 Å². The Labute approximate surface area is 174 Å². The van der Waals surface area contributed by atoms with Crippen LogP contribution < -0.4 is 16.2 Å². The minimum absolute atomic E-state index is 0.0959. The molecule has 8 nitrogen and oxygen atoms in total. The minimum Gasteiger partial charge on any atom is -0.324 e. The summed E-state index contributed by atoms with van der Waals surface area (Å²) < 4.78 is 0. The molecule has 2 aliphatic rings. The Kier molecular flexibility index (Phi) is 6.56. The summed E-state index contributed by atoms with van der Waals surface area (Å²) in [5.41, 5.74) is 5.22. The van der Waals surface area contributed by atoms with Crippen molar-refractivity contribution in [1.82, 2.24) is 21.1 Å². The van der Waals surface area contributed by atoms with Crippen molar-refractivity contribution in [2.75, 3.05) is 6.54 Å². The number of rotatable bonds is 5. The molecule has 1 aromatic heterocycles. The predicted octanol–water partition coefficient (Wildman–Crippen LogP) is 2.28. The van der Waals surface area contributed by atoms with Crippen LogP contribution in [0, 0.1) is 0 Å². The van der Waals surface area contributed by atoms with E-state index >= 15 is 0 Å². The molecule has 2 heterocycles. The van der Waals surface area contributed by atoms with E-state index in [1.807, 2.05) is 6.07 Å². The molecule has 0 bridgehead atoms. The summed E-state index contributed by atoms with van der Waals surface area (Å²) >= 11 is 1.50. The van der Waals surface area contributed by atoms with E-state index in [9.17, 15) is 19.2 Å². The van der Waals surface area contributed by atoms with Gasteiger partial charge in [0, 0.05) is 17.8 Å². The van der Waals surface area contributed by atoms with Crippen molar-refractivity contribution in [3.05, 3.63) is 21.4 Å². The van der Waals surface area contributed by atoms with E-state index in [-0.39, 0.29) is 30.7 Å². The summed E-state index contributed by atoms with van der Waals surface area (Å²) in [6, 6.07) is 1.49. The summed E-state index contributed by atoms with van der Waals surface area (Å²) in [5.74, 6) is -0.977. The van der Waals surface area contributed by atoms with Crippen LogP contribution in [0.15, 0.2) is 6.07 Å². The van der Waals surface area contributed by atoms with Crippen molar-refractivity contribution in [1.29, 1.82) is 0 Å². The number of thiophene rings is 1. The lowest BCUT2D eigenvalue weighted by Crippen LogP contribution is -2.42. The van der Waals surface area contributed by atoms with Gasteiger partial charge in [0.1, 0.15) is 5.54 Å². The van der Waals surface area contributed by atoms with Gasteiger partial charge < -0.3 is 5.32 Å². The topological polar surface area (TPSA) is 108 Å². The maximum absolute atomic E-state index is 12.4. The van der Waals surface area contributed by atoms with Gasteiger partial charge in [0.05, 0.1) is 4.88 Å². The maximum atomic E-state index is 12.4. The zero-order valence-corrected chi connectivity index (χ0v) is 17.7. The second-order valence-electron chi connectivity index (χ2n) is 8.09. The first-order chi connectivity index (χ1) is 13.8. The monoisotopic (exact) mass is 420 g/mol. The van der Waals surface area contributed by atoms with Crippen LogP contribution in [-0.4, -0.2) is 40.7 Å². The highest BCUT2D eigenvalue weighted by Gasteiger charge is 2.43. The molecule has 0 unspecified atom stereocenters. The van der Waals surface area contributed by atoms with Gasteiger partial charge in [-0.3, -0.25) is 30.1 Å². The molecule has 29 heavy (non-hydrogen) atoms. The summed E-state index contributed by atoms with van der Waals surface area (Å²) in [6.45, 7) is 3.44. The normalized spacial score (nSPS) is 18.5. The SMILES string of the molecule is CC1(C)NC(=O)N(CCCC(=O)NNC(=O)c2cc3c(s2)CCCCCC3)C1=O. The van der Waals surface area contributed by atoms with E-state index in [0.29, 0.717) is 11.3 Å². The van der Waals surface area contributed by atoms with Crippen LogP contribution in [0.4, 0.5) is 4.79 Å². The van der Waals surface area contributed by atoms with Crippen LogP contribution in [0.25, 0.3) is 0 Å². The van der Waals surface area contributed by atoms with Crippen molar-refractivity contribution in [2.45, 2.75) is 70.8 Å². The number of nitrogens with zero attached hydrogens (tertiary/aromatic N) is 1. The number of aryl methyl sites for hydroxylation is 2. The molecule has 1 aliphatic heterocycles. The quantitative estimate of drug-likeness (QED) is 0.502. The molecule has 0 saturated carbocycles. The summed E-state index contributed by atoms with van der Waals surface area (Å²) in [4.78, 5) is 51.3. The van der Waals surface area contributed by atoms with Crippen molar-refractivity contribution >= 4 is 35.1 Å². The third-order valence-electron chi connectivity index (χ3n) is 5.27. The van der Waals surface area contributed by atoms with Gasteiger partial charge in [-0.15, -0.1) is 11.3 Å². The Morgan fingerprint density at radius 2 is 1.86 bits per heavy atom. The lowest BCUT2D eigenvalue weighted by Gasteiger charge is -2.15. The average Bonchev–Trinajstić information content (AvgIpc) is 3.12. The van der Waals surface area contributed by atoms with Gasteiger partial charge in [-0.1, -0.05) is 12.8 Å². The lowest BCUT2D eigenvalue weighted by atomic mass is 10.00. The smallest absolute Gasteiger partial charge is 0.324 e. The Morgan fingerprint density at radius 3 is 2.55 bits per heavy atom. The van der Waals surface area contributed by atoms with Gasteiger partial charge in [0.25, 0.3) is 11.8 Å². The van der Waals surface area contributed by atoms with Crippen molar-refractivity contribution in [2.24, 2.45) is 0 Å². The molecular weight excluding hydrogens is 392 g/mol. The molecule has 0 atom stereocenters. The molecule has 5 amide bonds. The van der Waals surface area contributed by atoms with E-state index in [1.54, 1.807) is 13.8 Å². The van der Waals surface area contributed by atoms with Crippen LogP contribution in [0.5, 0.6) is 0 Å². The Morgan fingerprint density at radius 1 is 1.14 bits per heavy atom. The number of carbonyl (C=O) groups is 4.